The fourth-order valence-electron chi connectivity index (χ4n) is 4.63. The van der Waals surface area contributed by atoms with Crippen molar-refractivity contribution in [3.63, 3.8) is 0 Å². The molecule has 2 heterocycles. The van der Waals surface area contributed by atoms with Crippen molar-refractivity contribution in [3.8, 4) is 6.07 Å². The van der Waals surface area contributed by atoms with Crippen LogP contribution >= 0.6 is 0 Å². The smallest absolute Gasteiger partial charge is 0.244 e. The number of aromatic nitrogens is 2. The van der Waals surface area contributed by atoms with Crippen LogP contribution in [0.2, 0.25) is 0 Å². The highest BCUT2D eigenvalue weighted by molar-refractivity contribution is 5.89. The predicted octanol–water partition coefficient (Wildman–Crippen LogP) is 4.60. The van der Waals surface area contributed by atoms with Gasteiger partial charge in [0.05, 0.1) is 23.1 Å². The molecule has 6 nitrogen and oxygen atoms in total. The molecular weight excluding hydrogens is 398 g/mol. The van der Waals surface area contributed by atoms with Gasteiger partial charge in [0.1, 0.15) is 5.69 Å². The van der Waals surface area contributed by atoms with Crippen LogP contribution in [0.1, 0.15) is 50.4 Å². The third kappa shape index (κ3) is 4.57. The van der Waals surface area contributed by atoms with Crippen molar-refractivity contribution < 1.29 is 4.79 Å². The fraction of sp³-hybridized carbons (Fsp3) is 0.385. The molecule has 1 aliphatic rings. The summed E-state index contributed by atoms with van der Waals surface area (Å²) in [6, 6.07) is 19.3. The third-order valence-corrected chi connectivity index (χ3v) is 6.07. The second-order valence-corrected chi connectivity index (χ2v) is 8.98. The van der Waals surface area contributed by atoms with Crippen molar-refractivity contribution in [2.45, 2.75) is 39.2 Å². The van der Waals surface area contributed by atoms with Crippen molar-refractivity contribution in [2.75, 3.05) is 18.0 Å². The van der Waals surface area contributed by atoms with E-state index in [1.807, 2.05) is 61.5 Å². The number of fused-ring (bicyclic) bond motifs is 1. The lowest BCUT2D eigenvalue weighted by molar-refractivity contribution is -0.122. The van der Waals surface area contributed by atoms with Gasteiger partial charge in [-0.3, -0.25) is 4.79 Å². The third-order valence-electron chi connectivity index (χ3n) is 6.07. The van der Waals surface area contributed by atoms with E-state index in [4.69, 9.17) is 9.97 Å². The van der Waals surface area contributed by atoms with Crippen molar-refractivity contribution in [1.29, 1.82) is 5.26 Å². The molecule has 0 aliphatic carbocycles. The molecule has 0 spiro atoms. The van der Waals surface area contributed by atoms with E-state index in [0.717, 1.165) is 30.6 Å². The maximum absolute atomic E-state index is 13.2. The summed E-state index contributed by atoms with van der Waals surface area (Å²) in [5.41, 5.74) is 2.88. The number of rotatable bonds is 5. The maximum atomic E-state index is 13.2. The molecule has 3 aromatic rings. The zero-order valence-electron chi connectivity index (χ0n) is 18.8. The molecule has 1 saturated heterocycles. The SMILES string of the molecule is C[C@H]1C[C@H](C)CN(c2nc3ccccc3nc2[C@@H](C#N)C(=O)N[C@@H](C)c2ccccc2)C1. The van der Waals surface area contributed by atoms with Crippen molar-refractivity contribution in [3.05, 3.63) is 65.9 Å². The lowest BCUT2D eigenvalue weighted by Gasteiger charge is -2.36. The Kier molecular flexibility index (Phi) is 6.36. The van der Waals surface area contributed by atoms with Gasteiger partial charge in [-0.2, -0.15) is 5.26 Å². The minimum absolute atomic E-state index is 0.216. The molecule has 6 heteroatoms. The molecule has 0 radical (unpaired) electrons. The summed E-state index contributed by atoms with van der Waals surface area (Å²) in [6.07, 6.45) is 1.16. The highest BCUT2D eigenvalue weighted by Crippen LogP contribution is 2.32. The summed E-state index contributed by atoms with van der Waals surface area (Å²) in [6.45, 7) is 8.05. The molecule has 1 fully saturated rings. The van der Waals surface area contributed by atoms with Crippen molar-refractivity contribution in [1.82, 2.24) is 15.3 Å². The molecule has 32 heavy (non-hydrogen) atoms. The Bertz CT molecular complexity index is 1130. The number of nitriles is 1. The van der Waals surface area contributed by atoms with E-state index in [2.05, 4.69) is 30.1 Å². The molecule has 0 bridgehead atoms. The van der Waals surface area contributed by atoms with Gasteiger partial charge in [0.25, 0.3) is 0 Å². The van der Waals surface area contributed by atoms with Gasteiger partial charge in [0, 0.05) is 13.1 Å². The molecule has 0 unspecified atom stereocenters. The fourth-order valence-corrected chi connectivity index (χ4v) is 4.63. The van der Waals surface area contributed by atoms with E-state index in [1.54, 1.807) is 0 Å². The molecule has 1 N–H and O–H groups in total. The summed E-state index contributed by atoms with van der Waals surface area (Å²) in [7, 11) is 0. The summed E-state index contributed by atoms with van der Waals surface area (Å²) in [4.78, 5) is 25.1. The summed E-state index contributed by atoms with van der Waals surface area (Å²) >= 11 is 0. The number of nitrogens with zero attached hydrogens (tertiary/aromatic N) is 4. The second kappa shape index (κ2) is 9.35. The maximum Gasteiger partial charge on any atom is 0.244 e. The van der Waals surface area contributed by atoms with Gasteiger partial charge in [-0.05, 0) is 42.9 Å². The number of carbonyl (C=O) groups excluding carboxylic acids is 1. The number of nitrogens with one attached hydrogen (secondary N) is 1. The van der Waals surface area contributed by atoms with E-state index < -0.39 is 5.92 Å². The Balaban J connectivity index is 1.71. The van der Waals surface area contributed by atoms with Crippen molar-refractivity contribution in [2.24, 2.45) is 11.8 Å². The van der Waals surface area contributed by atoms with Crippen LogP contribution in [0.4, 0.5) is 5.82 Å². The highest BCUT2D eigenvalue weighted by Gasteiger charge is 2.32. The van der Waals surface area contributed by atoms with E-state index in [9.17, 15) is 10.1 Å². The molecule has 0 saturated carbocycles. The number of hydrogen-bond acceptors (Lipinski definition) is 5. The monoisotopic (exact) mass is 427 g/mol. The molecule has 164 valence electrons. The van der Waals surface area contributed by atoms with Crippen LogP contribution in [-0.4, -0.2) is 29.0 Å². The minimum atomic E-state index is -1.04. The minimum Gasteiger partial charge on any atom is -0.355 e. The van der Waals surface area contributed by atoms with E-state index in [0.29, 0.717) is 28.9 Å². The van der Waals surface area contributed by atoms with E-state index in [1.165, 1.54) is 0 Å². The predicted molar refractivity (Wildman–Crippen MR) is 126 cm³/mol. The average Bonchev–Trinajstić information content (AvgIpc) is 2.79. The Morgan fingerprint density at radius 3 is 2.25 bits per heavy atom. The summed E-state index contributed by atoms with van der Waals surface area (Å²) < 4.78 is 0. The van der Waals surface area contributed by atoms with Crippen LogP contribution in [0.5, 0.6) is 0 Å². The highest BCUT2D eigenvalue weighted by atomic mass is 16.2. The molecule has 1 aliphatic heterocycles. The first-order chi connectivity index (χ1) is 15.5. The Hall–Kier alpha value is -3.46. The molecule has 4 rings (SSSR count). The zero-order valence-corrected chi connectivity index (χ0v) is 18.8. The van der Waals surface area contributed by atoms with Crippen LogP contribution in [-0.2, 0) is 4.79 Å². The normalized spacial score (nSPS) is 20.4. The van der Waals surface area contributed by atoms with Crippen molar-refractivity contribution >= 4 is 22.8 Å². The van der Waals surface area contributed by atoms with Gasteiger partial charge in [-0.15, -0.1) is 0 Å². The summed E-state index contributed by atoms with van der Waals surface area (Å²) in [5.74, 6) is 0.268. The van der Waals surface area contributed by atoms with E-state index in [-0.39, 0.29) is 11.9 Å². The quantitative estimate of drug-likeness (QED) is 0.644. The Morgan fingerprint density at radius 1 is 1.03 bits per heavy atom. The number of anilines is 1. The first-order valence-corrected chi connectivity index (χ1v) is 11.2. The van der Waals surface area contributed by atoms with Crippen LogP contribution in [0, 0.1) is 23.2 Å². The second-order valence-electron chi connectivity index (χ2n) is 8.98. The first kappa shape index (κ1) is 21.8. The number of benzene rings is 2. The number of amides is 1. The van der Waals surface area contributed by atoms with Gasteiger partial charge in [-0.25, -0.2) is 9.97 Å². The lowest BCUT2D eigenvalue weighted by atomic mass is 9.91. The standard InChI is InChI=1S/C26H29N5O/c1-17-13-18(2)16-31(15-17)25-24(29-22-11-7-8-12-23(22)30-25)21(14-27)26(32)28-19(3)20-9-5-4-6-10-20/h4-12,17-19,21H,13,15-16H2,1-3H3,(H,28,32)/t17-,18-,19-,21+/m0/s1. The average molecular weight is 428 g/mol. The number of para-hydroxylation sites is 2. The van der Waals surface area contributed by atoms with E-state index >= 15 is 0 Å². The summed E-state index contributed by atoms with van der Waals surface area (Å²) in [5, 5.41) is 13.0. The van der Waals surface area contributed by atoms with Gasteiger partial charge in [0.2, 0.25) is 5.91 Å². The molecule has 1 amide bonds. The van der Waals surface area contributed by atoms with Crippen LogP contribution in [0.3, 0.4) is 0 Å². The number of hydrogen-bond donors (Lipinski definition) is 1. The number of piperidine rings is 1. The van der Waals surface area contributed by atoms with Gasteiger partial charge in [-0.1, -0.05) is 56.3 Å². The lowest BCUT2D eigenvalue weighted by Crippen LogP contribution is -2.41. The molecule has 1 aromatic heterocycles. The zero-order chi connectivity index (χ0) is 22.7. The first-order valence-electron chi connectivity index (χ1n) is 11.2. The Labute approximate surface area is 189 Å². The number of carbonyl (C=O) groups is 1. The van der Waals surface area contributed by atoms with Gasteiger partial charge in [0.15, 0.2) is 11.7 Å². The van der Waals surface area contributed by atoms with Gasteiger partial charge >= 0.3 is 0 Å². The van der Waals surface area contributed by atoms with Gasteiger partial charge < -0.3 is 10.2 Å². The van der Waals surface area contributed by atoms with Crippen LogP contribution in [0.25, 0.3) is 11.0 Å². The Morgan fingerprint density at radius 2 is 1.62 bits per heavy atom. The molecular formula is C26H29N5O. The van der Waals surface area contributed by atoms with Crippen LogP contribution in [0.15, 0.2) is 54.6 Å². The molecule has 2 aromatic carbocycles. The topological polar surface area (TPSA) is 81.9 Å². The molecule has 4 atom stereocenters. The van der Waals surface area contributed by atoms with Crippen LogP contribution < -0.4 is 10.2 Å². The largest absolute Gasteiger partial charge is 0.355 e.